The molecule has 1 atom stereocenters. The van der Waals surface area contributed by atoms with Crippen LogP contribution in [-0.2, 0) is 4.79 Å². The molecule has 16 heavy (non-hydrogen) atoms. The predicted octanol–water partition coefficient (Wildman–Crippen LogP) is 1.41. The quantitative estimate of drug-likeness (QED) is 0.821. The molecule has 0 spiro atoms. The summed E-state index contributed by atoms with van der Waals surface area (Å²) < 4.78 is 31.0. The highest BCUT2D eigenvalue weighted by molar-refractivity contribution is 5.76. The van der Waals surface area contributed by atoms with Gasteiger partial charge in [-0.2, -0.15) is 8.78 Å². The minimum Gasteiger partial charge on any atom is -0.497 e. The number of halogens is 2. The van der Waals surface area contributed by atoms with E-state index in [-0.39, 0.29) is 5.56 Å². The molecule has 0 aliphatic carbocycles. The summed E-state index contributed by atoms with van der Waals surface area (Å²) in [6.45, 7) is 0. The van der Waals surface area contributed by atoms with E-state index >= 15 is 0 Å². The van der Waals surface area contributed by atoms with E-state index in [9.17, 15) is 13.6 Å². The van der Waals surface area contributed by atoms with Crippen LogP contribution in [-0.4, -0.2) is 24.1 Å². The van der Waals surface area contributed by atoms with Crippen molar-refractivity contribution in [2.45, 2.75) is 12.0 Å². The van der Waals surface area contributed by atoms with Crippen molar-refractivity contribution in [3.8, 4) is 5.75 Å². The van der Waals surface area contributed by atoms with E-state index in [0.717, 1.165) is 0 Å². The first-order valence-electron chi connectivity index (χ1n) is 4.40. The third kappa shape index (κ3) is 2.27. The smallest absolute Gasteiger partial charge is 0.376 e. The lowest BCUT2D eigenvalue weighted by Crippen LogP contribution is -2.40. The van der Waals surface area contributed by atoms with Gasteiger partial charge in [-0.25, -0.2) is 4.79 Å². The van der Waals surface area contributed by atoms with Gasteiger partial charge in [0, 0.05) is 0 Å². The second-order valence-corrected chi connectivity index (χ2v) is 3.18. The van der Waals surface area contributed by atoms with Crippen LogP contribution in [0.25, 0.3) is 0 Å². The van der Waals surface area contributed by atoms with Crippen molar-refractivity contribution in [1.29, 1.82) is 0 Å². The Hall–Kier alpha value is -1.69. The number of ether oxygens (including phenoxy) is 1. The Kier molecular flexibility index (Phi) is 3.44. The fraction of sp³-hybridized carbons (Fsp3) is 0.300. The first-order chi connectivity index (χ1) is 7.39. The number of hydrogen-bond donors (Lipinski definition) is 2. The number of aliphatic carboxylic acids is 1. The SMILES string of the molecule is COc1cccc([C@H](N)C(F)(F)C(=O)O)c1. The molecule has 3 N–H and O–H groups in total. The number of rotatable bonds is 4. The average Bonchev–Trinajstić information content (AvgIpc) is 2.27. The highest BCUT2D eigenvalue weighted by atomic mass is 19.3. The summed E-state index contributed by atoms with van der Waals surface area (Å²) in [5, 5.41) is 8.34. The van der Waals surface area contributed by atoms with Crippen molar-refractivity contribution >= 4 is 5.97 Å². The van der Waals surface area contributed by atoms with Gasteiger partial charge in [0.15, 0.2) is 0 Å². The summed E-state index contributed by atoms with van der Waals surface area (Å²) in [6.07, 6.45) is 0. The minimum atomic E-state index is -4.01. The van der Waals surface area contributed by atoms with Gasteiger partial charge in [0.25, 0.3) is 0 Å². The first-order valence-corrected chi connectivity index (χ1v) is 4.40. The van der Waals surface area contributed by atoms with Crippen LogP contribution in [0.15, 0.2) is 24.3 Å². The second kappa shape index (κ2) is 4.44. The lowest BCUT2D eigenvalue weighted by Gasteiger charge is -2.19. The number of carboxylic acids is 1. The number of nitrogens with two attached hydrogens (primary N) is 1. The minimum absolute atomic E-state index is 0.00625. The molecule has 0 bridgehead atoms. The summed E-state index contributed by atoms with van der Waals surface area (Å²) in [6, 6.07) is 3.72. The van der Waals surface area contributed by atoms with E-state index in [4.69, 9.17) is 15.6 Å². The molecule has 0 aliphatic heterocycles. The predicted molar refractivity (Wildman–Crippen MR) is 52.5 cm³/mol. The number of alkyl halides is 2. The molecule has 1 aromatic rings. The van der Waals surface area contributed by atoms with Crippen molar-refractivity contribution in [2.75, 3.05) is 7.11 Å². The third-order valence-electron chi connectivity index (χ3n) is 2.13. The molecule has 0 radical (unpaired) electrons. The third-order valence-corrected chi connectivity index (χ3v) is 2.13. The Morgan fingerprint density at radius 3 is 2.69 bits per heavy atom. The molecule has 0 aliphatic rings. The lowest BCUT2D eigenvalue weighted by atomic mass is 10.0. The van der Waals surface area contributed by atoms with Crippen LogP contribution in [0.4, 0.5) is 8.78 Å². The first kappa shape index (κ1) is 12.4. The van der Waals surface area contributed by atoms with Gasteiger partial charge in [-0.1, -0.05) is 12.1 Å². The molecule has 88 valence electrons. The monoisotopic (exact) mass is 231 g/mol. The Morgan fingerprint density at radius 1 is 1.56 bits per heavy atom. The maximum absolute atomic E-state index is 13.1. The zero-order valence-corrected chi connectivity index (χ0v) is 8.48. The lowest BCUT2D eigenvalue weighted by molar-refractivity contribution is -0.168. The van der Waals surface area contributed by atoms with Crippen LogP contribution in [0.3, 0.4) is 0 Å². The summed E-state index contributed by atoms with van der Waals surface area (Å²) in [7, 11) is 1.37. The van der Waals surface area contributed by atoms with E-state index in [0.29, 0.717) is 5.75 Å². The summed E-state index contributed by atoms with van der Waals surface area (Å²) in [5.74, 6) is -5.91. The molecule has 0 fully saturated rings. The van der Waals surface area contributed by atoms with E-state index in [2.05, 4.69) is 0 Å². The van der Waals surface area contributed by atoms with Gasteiger partial charge < -0.3 is 15.6 Å². The van der Waals surface area contributed by atoms with Crippen molar-refractivity contribution in [1.82, 2.24) is 0 Å². The maximum atomic E-state index is 13.1. The van der Waals surface area contributed by atoms with Gasteiger partial charge in [-0.05, 0) is 17.7 Å². The fourth-order valence-electron chi connectivity index (χ4n) is 1.18. The van der Waals surface area contributed by atoms with Crippen LogP contribution in [0.5, 0.6) is 5.75 Å². The standard InChI is InChI=1S/C10H11F2NO3/c1-16-7-4-2-3-6(5-7)8(13)10(11,12)9(14)15/h2-5,8H,13H2,1H3,(H,14,15)/t8-/m0/s1. The second-order valence-electron chi connectivity index (χ2n) is 3.18. The van der Waals surface area contributed by atoms with Crippen LogP contribution in [0.1, 0.15) is 11.6 Å². The number of methoxy groups -OCH3 is 1. The molecular weight excluding hydrogens is 220 g/mol. The van der Waals surface area contributed by atoms with Crippen LogP contribution >= 0.6 is 0 Å². The maximum Gasteiger partial charge on any atom is 0.376 e. The van der Waals surface area contributed by atoms with Gasteiger partial charge >= 0.3 is 11.9 Å². The number of benzene rings is 1. The van der Waals surface area contributed by atoms with Gasteiger partial charge in [-0.15, -0.1) is 0 Å². The average molecular weight is 231 g/mol. The molecule has 0 aromatic heterocycles. The molecule has 0 saturated heterocycles. The zero-order chi connectivity index (χ0) is 12.3. The number of carboxylic acid groups (broad SMARTS) is 1. The molecule has 0 heterocycles. The van der Waals surface area contributed by atoms with Gasteiger partial charge in [0.1, 0.15) is 11.8 Å². The van der Waals surface area contributed by atoms with Gasteiger partial charge in [-0.3, -0.25) is 0 Å². The molecule has 0 amide bonds. The molecule has 1 aromatic carbocycles. The Balaban J connectivity index is 3.04. The molecule has 0 saturated carbocycles. The summed E-state index contributed by atoms with van der Waals surface area (Å²) >= 11 is 0. The van der Waals surface area contributed by atoms with Crippen LogP contribution < -0.4 is 10.5 Å². The molecular formula is C10H11F2NO3. The van der Waals surface area contributed by atoms with Gasteiger partial charge in [0.05, 0.1) is 7.11 Å². The highest BCUT2D eigenvalue weighted by Gasteiger charge is 2.46. The summed E-state index contributed by atoms with van der Waals surface area (Å²) in [4.78, 5) is 10.3. The highest BCUT2D eigenvalue weighted by Crippen LogP contribution is 2.30. The Labute approximate surface area is 90.6 Å². The topological polar surface area (TPSA) is 72.5 Å². The van der Waals surface area contributed by atoms with Crippen molar-refractivity contribution < 1.29 is 23.4 Å². The molecule has 4 nitrogen and oxygen atoms in total. The normalized spacial score (nSPS) is 13.2. The van der Waals surface area contributed by atoms with E-state index in [1.165, 1.54) is 25.3 Å². The molecule has 1 rings (SSSR count). The van der Waals surface area contributed by atoms with E-state index < -0.39 is 17.9 Å². The number of hydrogen-bond acceptors (Lipinski definition) is 3. The van der Waals surface area contributed by atoms with Gasteiger partial charge in [0.2, 0.25) is 0 Å². The largest absolute Gasteiger partial charge is 0.497 e. The van der Waals surface area contributed by atoms with Crippen LogP contribution in [0, 0.1) is 0 Å². The van der Waals surface area contributed by atoms with Crippen molar-refractivity contribution in [3.05, 3.63) is 29.8 Å². The van der Waals surface area contributed by atoms with Crippen molar-refractivity contribution in [2.24, 2.45) is 5.73 Å². The van der Waals surface area contributed by atoms with Crippen molar-refractivity contribution in [3.63, 3.8) is 0 Å². The zero-order valence-electron chi connectivity index (χ0n) is 8.48. The molecule has 6 heteroatoms. The Bertz CT molecular complexity index is 395. The van der Waals surface area contributed by atoms with E-state index in [1.807, 2.05) is 0 Å². The van der Waals surface area contributed by atoms with Crippen LogP contribution in [0.2, 0.25) is 0 Å². The number of carbonyl (C=O) groups is 1. The van der Waals surface area contributed by atoms with E-state index in [1.54, 1.807) is 6.07 Å². The fourth-order valence-corrected chi connectivity index (χ4v) is 1.18. The summed E-state index contributed by atoms with van der Waals surface area (Å²) in [5.41, 5.74) is 5.22. The molecule has 0 unspecified atom stereocenters. The Morgan fingerprint density at radius 2 is 2.19 bits per heavy atom.